The summed E-state index contributed by atoms with van der Waals surface area (Å²) in [4.78, 5) is 38.4. The zero-order valence-corrected chi connectivity index (χ0v) is 26.0. The molecule has 0 saturated heterocycles. The summed E-state index contributed by atoms with van der Waals surface area (Å²) >= 11 is 1.72. The van der Waals surface area contributed by atoms with Crippen LogP contribution in [-0.4, -0.2) is 49.1 Å². The van der Waals surface area contributed by atoms with Crippen LogP contribution < -0.4 is 10.6 Å². The van der Waals surface area contributed by atoms with Crippen molar-refractivity contribution in [1.82, 2.24) is 15.5 Å². The number of fused-ring (bicyclic) bond motifs is 2. The van der Waals surface area contributed by atoms with E-state index >= 15 is 0 Å². The molecule has 2 aliphatic rings. The largest absolute Gasteiger partial charge is 0.359 e. The van der Waals surface area contributed by atoms with Gasteiger partial charge in [0.15, 0.2) is 0 Å². The number of hydrogen-bond donors (Lipinski definition) is 2. The summed E-state index contributed by atoms with van der Waals surface area (Å²) in [5, 5.41) is 6.54. The Kier molecular flexibility index (Phi) is 11.2. The molecule has 3 atom stereocenters. The van der Waals surface area contributed by atoms with Crippen LogP contribution in [0.15, 0.2) is 47.4 Å². The predicted octanol–water partition coefficient (Wildman–Crippen LogP) is 6.01. The molecule has 1 amide bonds. The van der Waals surface area contributed by atoms with Gasteiger partial charge in [-0.25, -0.2) is 0 Å². The smallest absolute Gasteiger partial charge is 0.219 e. The summed E-state index contributed by atoms with van der Waals surface area (Å²) in [7, 11) is 3.47. The van der Waals surface area contributed by atoms with Crippen LogP contribution in [0.3, 0.4) is 0 Å². The number of thioether (sulfide) groups is 1. The van der Waals surface area contributed by atoms with Gasteiger partial charge in [-0.3, -0.25) is 14.5 Å². The molecule has 41 heavy (non-hydrogen) atoms. The Morgan fingerprint density at radius 2 is 1.80 bits per heavy atom. The summed E-state index contributed by atoms with van der Waals surface area (Å²) in [5.41, 5.74) is 4.33. The molecule has 0 spiro atoms. The van der Waals surface area contributed by atoms with E-state index in [0.717, 1.165) is 53.1 Å². The van der Waals surface area contributed by atoms with Crippen molar-refractivity contribution in [3.63, 3.8) is 0 Å². The first kappa shape index (κ1) is 31.5. The minimum Gasteiger partial charge on any atom is -0.359 e. The molecule has 2 bridgehead atoms. The van der Waals surface area contributed by atoms with Crippen LogP contribution in [0.4, 0.5) is 0 Å². The number of carbonyl (C=O) groups is 3. The van der Waals surface area contributed by atoms with E-state index in [-0.39, 0.29) is 17.9 Å². The Morgan fingerprint density at radius 1 is 1.10 bits per heavy atom. The maximum Gasteiger partial charge on any atom is 0.219 e. The molecule has 2 aliphatic carbocycles. The topological polar surface area (TPSA) is 78.5 Å². The number of amides is 1. The van der Waals surface area contributed by atoms with E-state index in [1.165, 1.54) is 43.2 Å². The maximum atomic E-state index is 11.9. The molecule has 7 heteroatoms. The highest BCUT2D eigenvalue weighted by Crippen LogP contribution is 2.46. The van der Waals surface area contributed by atoms with Crippen LogP contribution in [0, 0.1) is 17.8 Å². The highest BCUT2D eigenvalue weighted by atomic mass is 32.2. The van der Waals surface area contributed by atoms with Crippen LogP contribution in [0.5, 0.6) is 0 Å². The number of carbonyl (C=O) groups excluding carboxylic acids is 3. The van der Waals surface area contributed by atoms with Crippen molar-refractivity contribution in [3.8, 4) is 0 Å². The summed E-state index contributed by atoms with van der Waals surface area (Å²) in [6, 6.07) is 14.2. The van der Waals surface area contributed by atoms with Gasteiger partial charge in [-0.15, -0.1) is 11.8 Å². The predicted molar refractivity (Wildman–Crippen MR) is 167 cm³/mol. The van der Waals surface area contributed by atoms with E-state index in [1.807, 2.05) is 30.1 Å². The van der Waals surface area contributed by atoms with Gasteiger partial charge in [-0.1, -0.05) is 43.3 Å². The highest BCUT2D eigenvalue weighted by Gasteiger charge is 2.40. The lowest BCUT2D eigenvalue weighted by atomic mass is 9.62. The fraction of sp³-hybridized carbons (Fsp3) is 0.559. The number of nitrogens with zero attached hydrogens (tertiary/aromatic N) is 1. The SMILES string of the molecule is CNC(=O)CCC(C=O)N(C)Cc1c(C=O)cccc1SCc1cccc(CNC2(C)CC3CC(C)CC(C3)C2)c1. The molecule has 0 aromatic heterocycles. The lowest BCUT2D eigenvalue weighted by Gasteiger charge is -2.47. The van der Waals surface area contributed by atoms with Crippen LogP contribution in [-0.2, 0) is 28.4 Å². The van der Waals surface area contributed by atoms with E-state index in [4.69, 9.17) is 0 Å². The third-order valence-corrected chi connectivity index (χ3v) is 10.3. The lowest BCUT2D eigenvalue weighted by molar-refractivity contribution is -0.121. The van der Waals surface area contributed by atoms with Crippen LogP contribution in [0.25, 0.3) is 0 Å². The normalized spacial score (nSPS) is 24.6. The first-order valence-electron chi connectivity index (χ1n) is 15.1. The third-order valence-electron chi connectivity index (χ3n) is 9.09. The molecular weight excluding hydrogens is 530 g/mol. The number of nitrogens with one attached hydrogen (secondary N) is 2. The summed E-state index contributed by atoms with van der Waals surface area (Å²) in [5.74, 6) is 3.32. The molecular formula is C34H47N3O3S. The Morgan fingerprint density at radius 3 is 2.49 bits per heavy atom. The molecule has 2 N–H and O–H groups in total. The van der Waals surface area contributed by atoms with Gasteiger partial charge in [0.1, 0.15) is 12.6 Å². The van der Waals surface area contributed by atoms with Crippen molar-refractivity contribution in [2.75, 3.05) is 14.1 Å². The first-order chi connectivity index (χ1) is 19.7. The van der Waals surface area contributed by atoms with E-state index in [2.05, 4.69) is 48.7 Å². The molecule has 4 rings (SSSR count). The zero-order valence-electron chi connectivity index (χ0n) is 25.2. The highest BCUT2D eigenvalue weighted by molar-refractivity contribution is 7.98. The summed E-state index contributed by atoms with van der Waals surface area (Å²) in [6.45, 7) is 6.18. The Hall–Kier alpha value is -2.48. The molecule has 2 fully saturated rings. The number of benzene rings is 2. The molecule has 6 nitrogen and oxygen atoms in total. The van der Waals surface area contributed by atoms with E-state index in [9.17, 15) is 14.4 Å². The van der Waals surface area contributed by atoms with Crippen LogP contribution in [0.2, 0.25) is 0 Å². The maximum absolute atomic E-state index is 11.9. The molecule has 222 valence electrons. The molecule has 2 saturated carbocycles. The number of rotatable bonds is 14. The Balaban J connectivity index is 1.38. The fourth-order valence-corrected chi connectivity index (χ4v) is 8.23. The van der Waals surface area contributed by atoms with Crippen molar-refractivity contribution in [1.29, 1.82) is 0 Å². The monoisotopic (exact) mass is 577 g/mol. The van der Waals surface area contributed by atoms with Gasteiger partial charge >= 0.3 is 0 Å². The van der Waals surface area contributed by atoms with Crippen LogP contribution >= 0.6 is 11.8 Å². The van der Waals surface area contributed by atoms with Gasteiger partial charge in [0.2, 0.25) is 5.91 Å². The van der Waals surface area contributed by atoms with Crippen molar-refractivity contribution in [2.45, 2.75) is 94.1 Å². The second kappa shape index (κ2) is 14.6. The second-order valence-corrected chi connectivity index (χ2v) is 13.8. The minimum atomic E-state index is -0.400. The van der Waals surface area contributed by atoms with E-state index in [1.54, 1.807) is 18.8 Å². The Labute approximate surface area is 250 Å². The lowest BCUT2D eigenvalue weighted by Crippen LogP contribution is -2.50. The summed E-state index contributed by atoms with van der Waals surface area (Å²) < 4.78 is 0. The molecule has 2 aromatic rings. The number of likely N-dealkylation sites (N-methyl/N-ethyl adjacent to an activating group) is 1. The van der Waals surface area contributed by atoms with Gasteiger partial charge in [0.25, 0.3) is 0 Å². The first-order valence-corrected chi connectivity index (χ1v) is 16.1. The quantitative estimate of drug-likeness (QED) is 0.212. The van der Waals surface area contributed by atoms with Crippen molar-refractivity contribution < 1.29 is 14.4 Å². The molecule has 3 unspecified atom stereocenters. The van der Waals surface area contributed by atoms with E-state index < -0.39 is 6.04 Å². The third kappa shape index (κ3) is 8.76. The zero-order chi connectivity index (χ0) is 29.4. The van der Waals surface area contributed by atoms with Crippen molar-refractivity contribution in [3.05, 3.63) is 64.7 Å². The van der Waals surface area contributed by atoms with Gasteiger partial charge < -0.3 is 15.4 Å². The van der Waals surface area contributed by atoms with Gasteiger partial charge in [-0.2, -0.15) is 0 Å². The molecule has 0 aliphatic heterocycles. The average Bonchev–Trinajstić information content (AvgIpc) is 2.95. The van der Waals surface area contributed by atoms with Gasteiger partial charge in [0.05, 0.1) is 6.04 Å². The fourth-order valence-electron chi connectivity index (χ4n) is 7.20. The van der Waals surface area contributed by atoms with Crippen molar-refractivity contribution >= 4 is 30.2 Å². The number of aldehydes is 2. The Bertz CT molecular complexity index is 1180. The average molecular weight is 578 g/mol. The minimum absolute atomic E-state index is 0.0859. The molecule has 0 heterocycles. The second-order valence-electron chi connectivity index (χ2n) is 12.7. The summed E-state index contributed by atoms with van der Waals surface area (Å²) in [6.07, 6.45) is 9.25. The van der Waals surface area contributed by atoms with Crippen molar-refractivity contribution in [2.24, 2.45) is 17.8 Å². The van der Waals surface area contributed by atoms with Gasteiger partial charge in [-0.05, 0) is 93.0 Å². The molecule has 0 radical (unpaired) electrons. The molecule has 2 aromatic carbocycles. The van der Waals surface area contributed by atoms with Gasteiger partial charge in [0, 0.05) is 48.3 Å². The standard InChI is InChI=1S/C34H47N3O3S/c1-24-13-27-16-28(14-24)18-34(2,17-27)36-19-25-7-5-8-26(15-25)23-41-32-10-6-9-29(21-38)31(32)20-37(4)30(22-39)11-12-33(40)35-3/h5-10,15,21-22,24,27-28,30,36H,11-14,16-20,23H2,1-4H3,(H,35,40). The van der Waals surface area contributed by atoms with Crippen LogP contribution in [0.1, 0.15) is 85.8 Å². The number of hydrogen-bond acceptors (Lipinski definition) is 6. The van der Waals surface area contributed by atoms with E-state index in [0.29, 0.717) is 18.5 Å².